The highest BCUT2D eigenvalue weighted by Gasteiger charge is 2.43. The van der Waals surface area contributed by atoms with Gasteiger partial charge in [0.15, 0.2) is 0 Å². The zero-order valence-electron chi connectivity index (χ0n) is 39.9. The Morgan fingerprint density at radius 2 is 1.52 bits per heavy atom. The Balaban J connectivity index is 2.35. The van der Waals surface area contributed by atoms with Gasteiger partial charge in [-0.15, -0.1) is 0 Å². The zero-order chi connectivity index (χ0) is 47.0. The molecular weight excluding hydrogens is 787 g/mol. The number of ether oxygens (including phenoxy) is 2. The van der Waals surface area contributed by atoms with Crippen LogP contribution in [-0.2, 0) is 33.4 Å². The van der Waals surface area contributed by atoms with E-state index < -0.39 is 60.1 Å². The summed E-state index contributed by atoms with van der Waals surface area (Å²) < 4.78 is 12.1. The number of nitrogens with zero attached hydrogens (tertiary/aromatic N) is 3. The molecule has 0 aliphatic carbocycles. The summed E-state index contributed by atoms with van der Waals surface area (Å²) in [5.41, 5.74) is 7.61. The van der Waals surface area contributed by atoms with Crippen LogP contribution in [0, 0.1) is 23.7 Å². The molecule has 2 rings (SSSR count). The van der Waals surface area contributed by atoms with Crippen LogP contribution in [0.1, 0.15) is 94.4 Å². The van der Waals surface area contributed by atoms with E-state index in [2.05, 4.69) is 29.1 Å². The first-order valence-electron chi connectivity index (χ1n) is 22.2. The summed E-state index contributed by atoms with van der Waals surface area (Å²) in [5.74, 6) is -2.47. The van der Waals surface area contributed by atoms with Crippen LogP contribution in [0.15, 0.2) is 61.2 Å². The molecule has 1 saturated heterocycles. The second-order valence-corrected chi connectivity index (χ2v) is 17.8. The van der Waals surface area contributed by atoms with E-state index in [9.17, 15) is 24.0 Å². The van der Waals surface area contributed by atoms with E-state index >= 15 is 0 Å². The number of nitrogens with one attached hydrogen (secondary N) is 3. The maximum Gasteiger partial charge on any atom is 0.247 e. The number of allylic oxidation sites excluding steroid dienone is 3. The Morgan fingerprint density at radius 1 is 0.887 bits per heavy atom. The first-order chi connectivity index (χ1) is 29.2. The summed E-state index contributed by atoms with van der Waals surface area (Å²) in [6, 6.07) is 3.73. The Labute approximate surface area is 372 Å². The number of anilines is 2. The zero-order valence-corrected chi connectivity index (χ0v) is 39.9. The van der Waals surface area contributed by atoms with Crippen LogP contribution < -0.4 is 21.7 Å². The number of likely N-dealkylation sites (tertiary alicyclic amines) is 1. The van der Waals surface area contributed by atoms with Crippen molar-refractivity contribution >= 4 is 40.9 Å². The van der Waals surface area contributed by atoms with E-state index in [4.69, 9.17) is 15.2 Å². The summed E-state index contributed by atoms with van der Waals surface area (Å²) in [6.45, 7) is 25.8. The fraction of sp³-hybridized carbons (Fsp3) is 0.646. The van der Waals surface area contributed by atoms with Gasteiger partial charge in [0.05, 0.1) is 42.7 Å². The normalized spacial score (nSPS) is 18.4. The molecule has 1 aliphatic heterocycles. The largest absolute Gasteiger partial charge is 0.399 e. The molecule has 1 heterocycles. The first-order valence-corrected chi connectivity index (χ1v) is 22.2. The van der Waals surface area contributed by atoms with Crippen molar-refractivity contribution in [2.75, 3.05) is 45.9 Å². The molecule has 1 aromatic carbocycles. The van der Waals surface area contributed by atoms with E-state index in [-0.39, 0.29) is 54.4 Å². The van der Waals surface area contributed by atoms with Crippen molar-refractivity contribution in [3.8, 4) is 0 Å². The number of likely N-dealkylation sites (N-methyl/N-ethyl adjacent to an activating group) is 2. The number of rotatable bonds is 25. The number of nitrogens with two attached hydrogens (primary N) is 1. The van der Waals surface area contributed by atoms with E-state index in [0.717, 1.165) is 0 Å². The number of amides is 5. The molecule has 5 amide bonds. The Hall–Kier alpha value is -4.53. The summed E-state index contributed by atoms with van der Waals surface area (Å²) >= 11 is 0. The average Bonchev–Trinajstić information content (AvgIpc) is 3.71. The minimum atomic E-state index is -0.966. The Morgan fingerprint density at radius 3 is 2.02 bits per heavy atom. The van der Waals surface area contributed by atoms with Gasteiger partial charge in [-0.2, -0.15) is 0 Å². The molecule has 1 aliphatic rings. The number of hydrogen-bond acceptors (Lipinski definition) is 9. The summed E-state index contributed by atoms with van der Waals surface area (Å²) in [4.78, 5) is 75.7. The van der Waals surface area contributed by atoms with Crippen LogP contribution in [0.3, 0.4) is 0 Å². The minimum Gasteiger partial charge on any atom is -0.399 e. The lowest BCUT2D eigenvalue weighted by molar-refractivity contribution is -0.148. The SMILES string of the molecule is C=C/C=C(\C=C)C[C@H](NC(=O)C(C)[C@@H](OC)[C@@H]1CCCN1C(=O)C[C@@H](OC)[C@H]([C@@H](C)CC)N(C)C(=O)[C@@H](NC(=O)[C@H](C(C)C)N(C)C(C)C)C(C)C)C(=O)Nc1ccc(N)cc1. The lowest BCUT2D eigenvalue weighted by atomic mass is 9.89. The van der Waals surface area contributed by atoms with Crippen molar-refractivity contribution in [3.63, 3.8) is 0 Å². The average molecular weight is 866 g/mol. The van der Waals surface area contributed by atoms with Crippen molar-refractivity contribution in [1.29, 1.82) is 0 Å². The van der Waals surface area contributed by atoms with Gasteiger partial charge in [-0.25, -0.2) is 0 Å². The molecule has 14 nitrogen and oxygen atoms in total. The molecule has 0 radical (unpaired) electrons. The van der Waals surface area contributed by atoms with Gasteiger partial charge in [-0.1, -0.05) is 86.3 Å². The highest BCUT2D eigenvalue weighted by atomic mass is 16.5. The van der Waals surface area contributed by atoms with Gasteiger partial charge in [-0.05, 0) is 81.3 Å². The number of hydrogen-bond donors (Lipinski definition) is 4. The molecule has 0 saturated carbocycles. The molecule has 62 heavy (non-hydrogen) atoms. The molecule has 1 fully saturated rings. The van der Waals surface area contributed by atoms with Crippen molar-refractivity contribution < 1.29 is 33.4 Å². The van der Waals surface area contributed by atoms with E-state index in [1.807, 2.05) is 67.3 Å². The van der Waals surface area contributed by atoms with Crippen molar-refractivity contribution in [2.24, 2.45) is 23.7 Å². The van der Waals surface area contributed by atoms with Gasteiger partial charge >= 0.3 is 0 Å². The quantitative estimate of drug-likeness (QED) is 0.0699. The maximum atomic E-state index is 14.4. The van der Waals surface area contributed by atoms with Crippen LogP contribution in [0.5, 0.6) is 0 Å². The molecule has 0 aromatic heterocycles. The lowest BCUT2D eigenvalue weighted by Crippen LogP contribution is -2.60. The summed E-state index contributed by atoms with van der Waals surface area (Å²) in [5, 5.41) is 8.89. The van der Waals surface area contributed by atoms with E-state index in [1.54, 1.807) is 73.4 Å². The van der Waals surface area contributed by atoms with Crippen LogP contribution >= 0.6 is 0 Å². The molecule has 1 aromatic rings. The van der Waals surface area contributed by atoms with Gasteiger partial charge < -0.3 is 41.0 Å². The van der Waals surface area contributed by atoms with Gasteiger partial charge in [0.25, 0.3) is 0 Å². The highest BCUT2D eigenvalue weighted by molar-refractivity contribution is 5.98. The van der Waals surface area contributed by atoms with Gasteiger partial charge in [0.2, 0.25) is 29.5 Å². The van der Waals surface area contributed by atoms with Crippen LogP contribution in [0.2, 0.25) is 0 Å². The predicted octanol–water partition coefficient (Wildman–Crippen LogP) is 5.81. The fourth-order valence-corrected chi connectivity index (χ4v) is 8.47. The van der Waals surface area contributed by atoms with Crippen molar-refractivity contribution in [2.45, 2.75) is 143 Å². The molecule has 0 spiro atoms. The first kappa shape index (κ1) is 53.6. The molecular formula is C48H79N7O7. The maximum absolute atomic E-state index is 14.4. The molecule has 5 N–H and O–H groups in total. The van der Waals surface area contributed by atoms with Gasteiger partial charge in [-0.3, -0.25) is 28.9 Å². The smallest absolute Gasteiger partial charge is 0.247 e. The minimum absolute atomic E-state index is 0.0166. The second-order valence-electron chi connectivity index (χ2n) is 17.8. The summed E-state index contributed by atoms with van der Waals surface area (Å²) in [6.07, 6.45) is 5.74. The Kier molecular flexibility index (Phi) is 22.1. The fourth-order valence-electron chi connectivity index (χ4n) is 8.47. The van der Waals surface area contributed by atoms with E-state index in [0.29, 0.717) is 42.8 Å². The standard InChI is InChI=1S/C48H79N7O7/c1-16-20-34(18-3)27-37(46(58)50-36-24-22-35(49)23-25-36)51-45(57)33(11)44(62-15)38-21-19-26-55(38)40(56)28-39(61-14)43(32(10)17-2)54(13)48(60)41(29(4)5)52-47(59)42(30(6)7)53(12)31(8)9/h16,18,20,22-25,29-33,37-39,41-44H,1,3,17,19,21,26-28,49H2,2,4-15H3,(H,50,58)(H,51,57)(H,52,59)/b34-20+/t32-,33?,37-,38-,39+,41-,42-,43-,44+/m0/s1. The molecule has 9 atom stereocenters. The topological polar surface area (TPSA) is 176 Å². The lowest BCUT2D eigenvalue weighted by Gasteiger charge is -2.41. The monoisotopic (exact) mass is 866 g/mol. The highest BCUT2D eigenvalue weighted by Crippen LogP contribution is 2.30. The third kappa shape index (κ3) is 14.5. The number of carbonyl (C=O) groups is 5. The van der Waals surface area contributed by atoms with Crippen LogP contribution in [0.4, 0.5) is 11.4 Å². The third-order valence-electron chi connectivity index (χ3n) is 12.5. The number of methoxy groups -OCH3 is 2. The van der Waals surface area contributed by atoms with Crippen molar-refractivity contribution in [3.05, 3.63) is 61.2 Å². The predicted molar refractivity (Wildman–Crippen MR) is 249 cm³/mol. The molecule has 348 valence electrons. The van der Waals surface area contributed by atoms with Crippen LogP contribution in [0.25, 0.3) is 0 Å². The van der Waals surface area contributed by atoms with E-state index in [1.165, 1.54) is 7.11 Å². The second kappa shape index (κ2) is 25.5. The Bertz CT molecular complexity index is 1680. The molecule has 14 heteroatoms. The number of benzene rings is 1. The van der Waals surface area contributed by atoms with Crippen molar-refractivity contribution in [1.82, 2.24) is 25.3 Å². The number of nitrogen functional groups attached to an aromatic ring is 1. The van der Waals surface area contributed by atoms with Gasteiger partial charge in [0, 0.05) is 51.6 Å². The molecule has 1 unspecified atom stereocenters. The number of carbonyl (C=O) groups excluding carboxylic acids is 5. The third-order valence-corrected chi connectivity index (χ3v) is 12.5. The van der Waals surface area contributed by atoms with Crippen LogP contribution in [-0.4, -0.2) is 128 Å². The summed E-state index contributed by atoms with van der Waals surface area (Å²) in [7, 11) is 6.73. The molecule has 0 bridgehead atoms. The van der Waals surface area contributed by atoms with Gasteiger partial charge in [0.1, 0.15) is 12.1 Å².